The first-order valence-electron chi connectivity index (χ1n) is 6.40. The summed E-state index contributed by atoms with van der Waals surface area (Å²) >= 11 is 0. The van der Waals surface area contributed by atoms with Crippen LogP contribution in [-0.4, -0.2) is 35.1 Å². The monoisotopic (exact) mass is 227 g/mol. The van der Waals surface area contributed by atoms with Crippen molar-refractivity contribution in [2.24, 2.45) is 11.8 Å². The summed E-state index contributed by atoms with van der Waals surface area (Å²) in [5.41, 5.74) is 0. The van der Waals surface area contributed by atoms with Crippen molar-refractivity contribution in [3.8, 4) is 0 Å². The summed E-state index contributed by atoms with van der Waals surface area (Å²) in [7, 11) is 1.97. The van der Waals surface area contributed by atoms with Crippen LogP contribution in [0.2, 0.25) is 0 Å². The highest BCUT2D eigenvalue weighted by Crippen LogP contribution is 2.32. The Kier molecular flexibility index (Phi) is 4.78. The van der Waals surface area contributed by atoms with Crippen LogP contribution in [0.1, 0.15) is 46.5 Å². The molecule has 1 aliphatic carbocycles. The van der Waals surface area contributed by atoms with Gasteiger partial charge >= 0.3 is 5.97 Å². The number of rotatable bonds is 4. The largest absolute Gasteiger partial charge is 0.480 e. The molecule has 0 aromatic carbocycles. The molecule has 94 valence electrons. The average Bonchev–Trinajstić information content (AvgIpc) is 2.16. The maximum absolute atomic E-state index is 11.1. The van der Waals surface area contributed by atoms with Gasteiger partial charge in [-0.3, -0.25) is 9.69 Å². The van der Waals surface area contributed by atoms with Crippen molar-refractivity contribution in [2.45, 2.75) is 58.5 Å². The smallest absolute Gasteiger partial charge is 0.320 e. The number of nitrogens with zero attached hydrogens (tertiary/aromatic N) is 1. The maximum Gasteiger partial charge on any atom is 0.320 e. The van der Waals surface area contributed by atoms with E-state index in [2.05, 4.69) is 18.7 Å². The molecule has 1 N–H and O–H groups in total. The fraction of sp³-hybridized carbons (Fsp3) is 0.923. The van der Waals surface area contributed by atoms with Gasteiger partial charge in [0.1, 0.15) is 6.04 Å². The Hall–Kier alpha value is -0.570. The van der Waals surface area contributed by atoms with Gasteiger partial charge in [0.15, 0.2) is 0 Å². The number of carbonyl (C=O) groups is 1. The quantitative estimate of drug-likeness (QED) is 0.802. The summed E-state index contributed by atoms with van der Waals surface area (Å²) < 4.78 is 0. The van der Waals surface area contributed by atoms with E-state index in [4.69, 9.17) is 5.11 Å². The molecular formula is C13H25NO2. The number of carboxylic acid groups (broad SMARTS) is 1. The van der Waals surface area contributed by atoms with Crippen LogP contribution >= 0.6 is 0 Å². The molecule has 0 aromatic heterocycles. The molecule has 0 bridgehead atoms. The molecule has 3 atom stereocenters. The first kappa shape index (κ1) is 13.5. The van der Waals surface area contributed by atoms with Crippen LogP contribution in [0, 0.1) is 11.8 Å². The molecule has 0 heterocycles. The highest BCUT2D eigenvalue weighted by Gasteiger charge is 2.32. The lowest BCUT2D eigenvalue weighted by Gasteiger charge is -2.39. The Morgan fingerprint density at radius 2 is 1.81 bits per heavy atom. The fourth-order valence-corrected chi connectivity index (χ4v) is 3.13. The van der Waals surface area contributed by atoms with Gasteiger partial charge in [0.2, 0.25) is 0 Å². The Morgan fingerprint density at radius 3 is 2.19 bits per heavy atom. The minimum Gasteiger partial charge on any atom is -0.480 e. The van der Waals surface area contributed by atoms with Crippen LogP contribution in [0.3, 0.4) is 0 Å². The van der Waals surface area contributed by atoms with E-state index in [9.17, 15) is 4.79 Å². The highest BCUT2D eigenvalue weighted by molar-refractivity contribution is 5.73. The molecule has 3 nitrogen and oxygen atoms in total. The van der Waals surface area contributed by atoms with Crippen LogP contribution in [-0.2, 0) is 4.79 Å². The fourth-order valence-electron chi connectivity index (χ4n) is 3.13. The summed E-state index contributed by atoms with van der Waals surface area (Å²) in [5.74, 6) is 0.765. The van der Waals surface area contributed by atoms with E-state index in [0.29, 0.717) is 12.5 Å². The minimum atomic E-state index is -0.684. The number of hydrogen-bond donors (Lipinski definition) is 1. The van der Waals surface area contributed by atoms with Gasteiger partial charge in [-0.25, -0.2) is 0 Å². The van der Waals surface area contributed by atoms with E-state index in [-0.39, 0.29) is 6.04 Å². The standard InChI is InChI=1S/C13H25NO2/c1-5-12(13(15)16)14(4)11-7-9(2)6-10(3)8-11/h9-12H,5-8H2,1-4H3,(H,15,16). The molecule has 16 heavy (non-hydrogen) atoms. The Morgan fingerprint density at radius 1 is 1.31 bits per heavy atom. The summed E-state index contributed by atoms with van der Waals surface area (Å²) in [4.78, 5) is 13.2. The van der Waals surface area contributed by atoms with Crippen molar-refractivity contribution in [2.75, 3.05) is 7.05 Å². The van der Waals surface area contributed by atoms with Gasteiger partial charge < -0.3 is 5.11 Å². The number of likely N-dealkylation sites (N-methyl/N-ethyl adjacent to an activating group) is 1. The second-order valence-electron chi connectivity index (χ2n) is 5.50. The minimum absolute atomic E-state index is 0.317. The SMILES string of the molecule is CCC(C(=O)O)N(C)C1CC(C)CC(C)C1. The molecule has 0 aromatic rings. The van der Waals surface area contributed by atoms with Gasteiger partial charge in [-0.1, -0.05) is 20.8 Å². The summed E-state index contributed by atoms with van der Waals surface area (Å²) in [6.07, 6.45) is 4.26. The summed E-state index contributed by atoms with van der Waals surface area (Å²) in [5, 5.41) is 9.16. The Labute approximate surface area is 98.8 Å². The van der Waals surface area contributed by atoms with Crippen molar-refractivity contribution in [3.05, 3.63) is 0 Å². The van der Waals surface area contributed by atoms with Crippen LogP contribution in [0.25, 0.3) is 0 Å². The third-order valence-corrected chi connectivity index (χ3v) is 3.89. The number of aliphatic carboxylic acids is 1. The zero-order chi connectivity index (χ0) is 12.3. The lowest BCUT2D eigenvalue weighted by atomic mass is 9.79. The second-order valence-corrected chi connectivity index (χ2v) is 5.50. The molecule has 1 aliphatic rings. The molecular weight excluding hydrogens is 202 g/mol. The zero-order valence-corrected chi connectivity index (χ0v) is 10.9. The normalized spacial score (nSPS) is 32.7. The zero-order valence-electron chi connectivity index (χ0n) is 10.9. The van der Waals surface area contributed by atoms with Gasteiger partial charge in [-0.2, -0.15) is 0 Å². The van der Waals surface area contributed by atoms with E-state index in [0.717, 1.165) is 24.7 Å². The molecule has 0 saturated heterocycles. The lowest BCUT2D eigenvalue weighted by Crippen LogP contribution is -2.47. The molecule has 1 saturated carbocycles. The van der Waals surface area contributed by atoms with Gasteiger partial charge in [0, 0.05) is 6.04 Å². The van der Waals surface area contributed by atoms with E-state index in [1.165, 1.54) is 6.42 Å². The molecule has 0 spiro atoms. The van der Waals surface area contributed by atoms with Crippen LogP contribution in [0.5, 0.6) is 0 Å². The Balaban J connectivity index is 2.64. The van der Waals surface area contributed by atoms with Gasteiger partial charge in [-0.15, -0.1) is 0 Å². The summed E-state index contributed by atoms with van der Waals surface area (Å²) in [6, 6.07) is 0.127. The molecule has 3 heteroatoms. The Bertz CT molecular complexity index is 232. The van der Waals surface area contributed by atoms with Crippen molar-refractivity contribution in [1.29, 1.82) is 0 Å². The predicted octanol–water partition coefficient (Wildman–Crippen LogP) is 2.61. The van der Waals surface area contributed by atoms with Crippen LogP contribution in [0.15, 0.2) is 0 Å². The summed E-state index contributed by atoms with van der Waals surface area (Å²) in [6.45, 7) is 6.50. The van der Waals surface area contributed by atoms with Crippen molar-refractivity contribution in [3.63, 3.8) is 0 Å². The highest BCUT2D eigenvalue weighted by atomic mass is 16.4. The topological polar surface area (TPSA) is 40.5 Å². The maximum atomic E-state index is 11.1. The molecule has 1 rings (SSSR count). The van der Waals surface area contributed by atoms with Gasteiger partial charge in [0.05, 0.1) is 0 Å². The number of hydrogen-bond acceptors (Lipinski definition) is 2. The number of carboxylic acids is 1. The van der Waals surface area contributed by atoms with E-state index in [1.54, 1.807) is 0 Å². The van der Waals surface area contributed by atoms with Gasteiger partial charge in [-0.05, 0) is 44.6 Å². The van der Waals surface area contributed by atoms with Crippen molar-refractivity contribution < 1.29 is 9.90 Å². The van der Waals surface area contributed by atoms with E-state index < -0.39 is 5.97 Å². The van der Waals surface area contributed by atoms with E-state index >= 15 is 0 Å². The molecule has 0 radical (unpaired) electrons. The van der Waals surface area contributed by atoms with Crippen molar-refractivity contribution in [1.82, 2.24) is 4.90 Å². The molecule has 0 amide bonds. The first-order valence-corrected chi connectivity index (χ1v) is 6.40. The lowest BCUT2D eigenvalue weighted by molar-refractivity contribution is -0.144. The molecule has 3 unspecified atom stereocenters. The van der Waals surface area contributed by atoms with Gasteiger partial charge in [0.25, 0.3) is 0 Å². The molecule has 1 fully saturated rings. The average molecular weight is 227 g/mol. The first-order chi connectivity index (χ1) is 7.45. The third-order valence-electron chi connectivity index (χ3n) is 3.89. The van der Waals surface area contributed by atoms with Crippen LogP contribution < -0.4 is 0 Å². The van der Waals surface area contributed by atoms with E-state index in [1.807, 2.05) is 14.0 Å². The second kappa shape index (κ2) is 5.67. The predicted molar refractivity (Wildman–Crippen MR) is 65.4 cm³/mol. The van der Waals surface area contributed by atoms with Crippen LogP contribution in [0.4, 0.5) is 0 Å². The molecule has 0 aliphatic heterocycles. The van der Waals surface area contributed by atoms with Crippen molar-refractivity contribution >= 4 is 5.97 Å². The third kappa shape index (κ3) is 3.21.